The quantitative estimate of drug-likeness (QED) is 0.335. The van der Waals surface area contributed by atoms with E-state index in [0.717, 1.165) is 37.5 Å². The molecule has 1 aromatic carbocycles. The molecule has 1 aromatic heterocycles. The molecule has 0 radical (unpaired) electrons. The molecule has 1 amide bonds. The first-order valence-corrected chi connectivity index (χ1v) is 16.4. The topological polar surface area (TPSA) is 117 Å². The first-order chi connectivity index (χ1) is 20.9. The van der Waals surface area contributed by atoms with Crippen LogP contribution >= 0.6 is 0 Å². The van der Waals surface area contributed by atoms with Crippen LogP contribution < -0.4 is 5.56 Å². The minimum Gasteiger partial charge on any atom is -0.476 e. The predicted octanol–water partition coefficient (Wildman–Crippen LogP) is 4.60. The normalized spacial score (nSPS) is 29.3. The molecule has 0 spiro atoms. The van der Waals surface area contributed by atoms with Crippen LogP contribution in [0.5, 0.6) is 0 Å². The Morgan fingerprint density at radius 2 is 1.58 bits per heavy atom. The van der Waals surface area contributed by atoms with Gasteiger partial charge in [-0.25, -0.2) is 9.78 Å². The van der Waals surface area contributed by atoms with Gasteiger partial charge in [0, 0.05) is 37.3 Å². The number of fused-ring (bicyclic) bond motifs is 5. The number of carboxylic acid groups (broad SMARTS) is 1. The van der Waals surface area contributed by atoms with Gasteiger partial charge in [-0.15, -0.1) is 0 Å². The number of amides is 1. The number of aliphatic carboxylic acids is 1. The van der Waals surface area contributed by atoms with E-state index in [1.54, 1.807) is 15.5 Å². The summed E-state index contributed by atoms with van der Waals surface area (Å²) in [6.45, 7) is 4.31. The molecule has 2 saturated heterocycles. The van der Waals surface area contributed by atoms with Crippen LogP contribution in [0, 0.1) is 11.8 Å². The predicted molar refractivity (Wildman–Crippen MR) is 164 cm³/mol. The van der Waals surface area contributed by atoms with Gasteiger partial charge < -0.3 is 19.4 Å². The van der Waals surface area contributed by atoms with Gasteiger partial charge in [0.05, 0.1) is 11.0 Å². The maximum atomic E-state index is 14.2. The molecule has 2 aromatic rings. The summed E-state index contributed by atoms with van der Waals surface area (Å²) in [6.07, 6.45) is 13.4. The van der Waals surface area contributed by atoms with Gasteiger partial charge in [0.25, 0.3) is 11.5 Å². The van der Waals surface area contributed by atoms with Crippen molar-refractivity contribution in [2.24, 2.45) is 17.0 Å². The van der Waals surface area contributed by atoms with Crippen LogP contribution in [-0.4, -0.2) is 79.9 Å². The zero-order valence-corrected chi connectivity index (χ0v) is 25.5. The summed E-state index contributed by atoms with van der Waals surface area (Å²) in [6, 6.07) is 8.85. The van der Waals surface area contributed by atoms with Crippen molar-refractivity contribution in [2.75, 3.05) is 19.7 Å². The minimum absolute atomic E-state index is 0.0611. The molecule has 10 heteroatoms. The van der Waals surface area contributed by atoms with Gasteiger partial charge in [0.2, 0.25) is 5.71 Å². The van der Waals surface area contributed by atoms with Gasteiger partial charge in [0.1, 0.15) is 0 Å². The van der Waals surface area contributed by atoms with Crippen LogP contribution in [0.15, 0.2) is 34.2 Å². The van der Waals surface area contributed by atoms with Crippen molar-refractivity contribution >= 4 is 28.6 Å². The number of piperidine rings is 2. The minimum atomic E-state index is -1.42. The highest BCUT2D eigenvalue weighted by Gasteiger charge is 2.45. The van der Waals surface area contributed by atoms with Crippen molar-refractivity contribution in [2.45, 2.75) is 109 Å². The Labute approximate surface area is 253 Å². The maximum Gasteiger partial charge on any atom is 0.360 e. The first kappa shape index (κ1) is 29.8. The van der Waals surface area contributed by atoms with Gasteiger partial charge in [-0.2, -0.15) is 0 Å². The second-order valence-electron chi connectivity index (χ2n) is 13.0. The van der Waals surface area contributed by atoms with Gasteiger partial charge in [-0.05, 0) is 82.8 Å². The smallest absolute Gasteiger partial charge is 0.360 e. The monoisotopic (exact) mass is 591 g/mol. The number of hydrogen-bond acceptors (Lipinski definition) is 7. The van der Waals surface area contributed by atoms with E-state index in [4.69, 9.17) is 4.84 Å². The molecule has 4 fully saturated rings. The summed E-state index contributed by atoms with van der Waals surface area (Å²) in [5.74, 6) is 0.00516. The van der Waals surface area contributed by atoms with Crippen LogP contribution in [0.25, 0.3) is 11.0 Å². The molecule has 43 heavy (non-hydrogen) atoms. The van der Waals surface area contributed by atoms with E-state index in [1.165, 1.54) is 44.9 Å². The third-order valence-corrected chi connectivity index (χ3v) is 10.6. The maximum absolute atomic E-state index is 14.2. The van der Waals surface area contributed by atoms with E-state index in [1.807, 2.05) is 32.0 Å². The second-order valence-corrected chi connectivity index (χ2v) is 13.0. The fraction of sp³-hybridized carbons (Fsp3) is 0.667. The van der Waals surface area contributed by atoms with E-state index in [9.17, 15) is 19.5 Å². The van der Waals surface area contributed by atoms with Crippen LogP contribution in [0.1, 0.15) is 96.2 Å². The number of oxime groups is 1. The number of benzene rings is 1. The fourth-order valence-electron chi connectivity index (χ4n) is 8.81. The number of carbonyl (C=O) groups excluding carboxylic acids is 1. The number of nitrogens with zero attached hydrogens (tertiary/aromatic N) is 5. The summed E-state index contributed by atoms with van der Waals surface area (Å²) in [5, 5.41) is 13.9. The van der Waals surface area contributed by atoms with E-state index in [2.05, 4.69) is 15.0 Å². The highest BCUT2D eigenvalue weighted by molar-refractivity contribution is 6.41. The van der Waals surface area contributed by atoms with Crippen LogP contribution in [0.4, 0.5) is 0 Å². The van der Waals surface area contributed by atoms with Gasteiger partial charge in [0.15, 0.2) is 12.3 Å². The lowest BCUT2D eigenvalue weighted by Crippen LogP contribution is -2.58. The van der Waals surface area contributed by atoms with E-state index >= 15 is 0 Å². The molecule has 1 N–H and O–H groups in total. The number of carbonyl (C=O) groups is 2. The Bertz CT molecular complexity index is 1410. The third-order valence-electron chi connectivity index (χ3n) is 10.6. The highest BCUT2D eigenvalue weighted by atomic mass is 16.6. The molecule has 3 heterocycles. The van der Waals surface area contributed by atoms with Gasteiger partial charge in [-0.1, -0.05) is 43.0 Å². The number of aromatic nitrogens is 2. The molecule has 2 saturated carbocycles. The lowest BCUT2D eigenvalue weighted by Gasteiger charge is -2.55. The molecule has 4 bridgehead atoms. The van der Waals surface area contributed by atoms with Crippen molar-refractivity contribution in [3.8, 4) is 0 Å². The van der Waals surface area contributed by atoms with Crippen LogP contribution in [-0.2, 0) is 14.4 Å². The number of likely N-dealkylation sites (N-methyl/N-ethyl adjacent to an activating group) is 1. The molecular weight excluding hydrogens is 546 g/mol. The lowest BCUT2D eigenvalue weighted by molar-refractivity contribution is -0.136. The number of rotatable bonds is 9. The van der Waals surface area contributed by atoms with E-state index in [-0.39, 0.29) is 17.6 Å². The standard InChI is InChI=1S/C33H45N5O5/c1-3-36(4-2)29(39)20-43-35-31(33(41)42)30-32(40)38(28-14-6-5-13-27(28)34-30)26-18-23-11-8-12-24(19-26)37(23)25-16-21-9-7-10-22(15-21)17-25/h5-6,13-14,21-26H,3-4,7-12,15-20H2,1-2H3,(H,41,42)/t21?,22?,23-,24?,25?,26+/m1/s1. The SMILES string of the molecule is CCN(CC)C(=O)CON=C(C(=O)O)c1nc2ccccc2n([C@@H]2CC3CCC[C@H](C2)N3C2CC3CCCC(C3)C2)c1=O. The molecule has 2 aliphatic heterocycles. The van der Waals surface area contributed by atoms with Crippen LogP contribution in [0.2, 0.25) is 0 Å². The Kier molecular flexibility index (Phi) is 8.84. The summed E-state index contributed by atoms with van der Waals surface area (Å²) in [7, 11) is 0. The van der Waals surface area contributed by atoms with E-state index < -0.39 is 23.8 Å². The van der Waals surface area contributed by atoms with Crippen molar-refractivity contribution in [3.63, 3.8) is 0 Å². The number of hydrogen-bond donors (Lipinski definition) is 1. The molecule has 6 rings (SSSR count). The largest absolute Gasteiger partial charge is 0.476 e. The summed E-state index contributed by atoms with van der Waals surface area (Å²) >= 11 is 0. The van der Waals surface area contributed by atoms with Gasteiger partial charge >= 0.3 is 5.97 Å². The first-order valence-electron chi connectivity index (χ1n) is 16.4. The van der Waals surface area contributed by atoms with Crippen molar-refractivity contribution in [1.29, 1.82) is 0 Å². The molecular formula is C33H45N5O5. The summed E-state index contributed by atoms with van der Waals surface area (Å²) in [5.41, 5.74) is -0.0556. The molecule has 10 nitrogen and oxygen atoms in total. The number of carboxylic acids is 1. The molecule has 4 aliphatic rings. The average Bonchev–Trinajstić information content (AvgIpc) is 2.99. The van der Waals surface area contributed by atoms with E-state index in [0.29, 0.717) is 42.2 Å². The van der Waals surface area contributed by atoms with Crippen molar-refractivity contribution < 1.29 is 19.5 Å². The highest BCUT2D eigenvalue weighted by Crippen LogP contribution is 2.47. The summed E-state index contributed by atoms with van der Waals surface area (Å²) < 4.78 is 1.79. The Morgan fingerprint density at radius 3 is 2.23 bits per heavy atom. The number of para-hydroxylation sites is 2. The molecule has 5 atom stereocenters. The van der Waals surface area contributed by atoms with Crippen molar-refractivity contribution in [1.82, 2.24) is 19.4 Å². The molecule has 3 unspecified atom stereocenters. The zero-order chi connectivity index (χ0) is 30.1. The third kappa shape index (κ3) is 5.95. The molecule has 2 aliphatic carbocycles. The zero-order valence-electron chi connectivity index (χ0n) is 25.5. The Balaban J connectivity index is 1.31. The van der Waals surface area contributed by atoms with Crippen molar-refractivity contribution in [3.05, 3.63) is 40.3 Å². The Hall–Kier alpha value is -3.27. The average molecular weight is 592 g/mol. The molecule has 232 valence electrons. The van der Waals surface area contributed by atoms with Gasteiger partial charge in [-0.3, -0.25) is 14.5 Å². The van der Waals surface area contributed by atoms with Crippen LogP contribution in [0.3, 0.4) is 0 Å². The summed E-state index contributed by atoms with van der Waals surface area (Å²) in [4.78, 5) is 53.0. The fourth-order valence-corrected chi connectivity index (χ4v) is 8.81. The Morgan fingerprint density at radius 1 is 0.930 bits per heavy atom. The second kappa shape index (κ2) is 12.8. The lowest BCUT2D eigenvalue weighted by atomic mass is 9.68.